The molecule has 0 aliphatic rings. The van der Waals surface area contributed by atoms with Gasteiger partial charge in [0.05, 0.1) is 5.56 Å². The normalized spacial score (nSPS) is 9.06. The lowest BCUT2D eigenvalue weighted by molar-refractivity contribution is 0.0997. The van der Waals surface area contributed by atoms with Gasteiger partial charge in [0.15, 0.2) is 0 Å². The quantitative estimate of drug-likeness (QED) is 0.754. The molecule has 0 bridgehead atoms. The van der Waals surface area contributed by atoms with E-state index in [1.165, 1.54) is 12.1 Å². The Labute approximate surface area is 95.0 Å². The first-order valence-electron chi connectivity index (χ1n) is 4.99. The molecular formula is C11H18FN3O. The maximum atomic E-state index is 13.3. The standard InChI is InChI=1S/C9H12FN3O.C2H6/c1-13(2)5-3-6(10)8(9(12)14)7(11)4-5;1-2/h3-4H,11H2,1-2H3,(H2,12,14);1-2H3. The fourth-order valence-corrected chi connectivity index (χ4v) is 1.13. The third kappa shape index (κ3) is 3.12. The van der Waals surface area contributed by atoms with Gasteiger partial charge in [0, 0.05) is 25.5 Å². The van der Waals surface area contributed by atoms with E-state index in [4.69, 9.17) is 11.5 Å². The molecule has 1 aromatic carbocycles. The zero-order valence-electron chi connectivity index (χ0n) is 10.0. The Bertz CT molecular complexity index is 354. The molecule has 16 heavy (non-hydrogen) atoms. The van der Waals surface area contributed by atoms with Crippen LogP contribution in [0.2, 0.25) is 0 Å². The summed E-state index contributed by atoms with van der Waals surface area (Å²) in [7, 11) is 3.50. The summed E-state index contributed by atoms with van der Waals surface area (Å²) in [6, 6.07) is 2.72. The first-order chi connectivity index (χ1) is 7.43. The van der Waals surface area contributed by atoms with E-state index in [1.807, 2.05) is 13.8 Å². The van der Waals surface area contributed by atoms with Gasteiger partial charge in [0.1, 0.15) is 5.82 Å². The summed E-state index contributed by atoms with van der Waals surface area (Å²) < 4.78 is 13.3. The van der Waals surface area contributed by atoms with Gasteiger partial charge in [0.2, 0.25) is 0 Å². The second kappa shape index (κ2) is 5.95. The number of amides is 1. The van der Waals surface area contributed by atoms with Gasteiger partial charge in [-0.15, -0.1) is 0 Å². The molecule has 0 atom stereocenters. The van der Waals surface area contributed by atoms with E-state index in [1.54, 1.807) is 19.0 Å². The van der Waals surface area contributed by atoms with Crippen LogP contribution in [0.5, 0.6) is 0 Å². The van der Waals surface area contributed by atoms with Crippen LogP contribution in [-0.2, 0) is 0 Å². The zero-order valence-corrected chi connectivity index (χ0v) is 10.0. The van der Waals surface area contributed by atoms with Crippen LogP contribution >= 0.6 is 0 Å². The van der Waals surface area contributed by atoms with E-state index in [9.17, 15) is 9.18 Å². The summed E-state index contributed by atoms with van der Waals surface area (Å²) in [6.07, 6.45) is 0. The molecular weight excluding hydrogens is 209 g/mol. The Morgan fingerprint density at radius 3 is 2.12 bits per heavy atom. The van der Waals surface area contributed by atoms with Crippen molar-refractivity contribution in [3.05, 3.63) is 23.5 Å². The molecule has 1 rings (SSSR count). The predicted octanol–water partition coefficient (Wildman–Crippen LogP) is 1.60. The number of primary amides is 1. The van der Waals surface area contributed by atoms with E-state index >= 15 is 0 Å². The number of hydrogen-bond acceptors (Lipinski definition) is 3. The summed E-state index contributed by atoms with van der Waals surface area (Å²) in [5.74, 6) is -1.55. The summed E-state index contributed by atoms with van der Waals surface area (Å²) in [5, 5.41) is 0. The molecule has 0 aromatic heterocycles. The average Bonchev–Trinajstić information content (AvgIpc) is 2.18. The second-order valence-corrected chi connectivity index (χ2v) is 3.15. The average molecular weight is 227 g/mol. The van der Waals surface area contributed by atoms with Crippen LogP contribution < -0.4 is 16.4 Å². The van der Waals surface area contributed by atoms with Crippen LogP contribution in [0.25, 0.3) is 0 Å². The minimum Gasteiger partial charge on any atom is -0.398 e. The second-order valence-electron chi connectivity index (χ2n) is 3.15. The maximum absolute atomic E-state index is 13.3. The third-order valence-corrected chi connectivity index (χ3v) is 1.87. The summed E-state index contributed by atoms with van der Waals surface area (Å²) in [4.78, 5) is 12.5. The molecule has 1 aromatic rings. The van der Waals surface area contributed by atoms with E-state index < -0.39 is 11.7 Å². The molecule has 0 aliphatic carbocycles. The van der Waals surface area contributed by atoms with Gasteiger partial charge in [-0.25, -0.2) is 4.39 Å². The molecule has 0 heterocycles. The highest BCUT2D eigenvalue weighted by atomic mass is 19.1. The van der Waals surface area contributed by atoms with Crippen molar-refractivity contribution in [2.75, 3.05) is 24.7 Å². The van der Waals surface area contributed by atoms with Gasteiger partial charge in [-0.1, -0.05) is 13.8 Å². The predicted molar refractivity (Wildman–Crippen MR) is 65.0 cm³/mol. The highest BCUT2D eigenvalue weighted by molar-refractivity contribution is 5.98. The molecule has 1 amide bonds. The smallest absolute Gasteiger partial charge is 0.253 e. The van der Waals surface area contributed by atoms with Crippen LogP contribution in [0.1, 0.15) is 24.2 Å². The van der Waals surface area contributed by atoms with E-state index in [2.05, 4.69) is 0 Å². The Kier molecular flexibility index (Phi) is 5.29. The van der Waals surface area contributed by atoms with Crippen molar-refractivity contribution in [1.82, 2.24) is 0 Å². The Morgan fingerprint density at radius 1 is 1.31 bits per heavy atom. The van der Waals surface area contributed by atoms with Crippen LogP contribution in [0.3, 0.4) is 0 Å². The number of halogens is 1. The number of anilines is 2. The summed E-state index contributed by atoms with van der Waals surface area (Å²) in [5.41, 5.74) is 10.9. The number of carbonyl (C=O) groups is 1. The number of hydrogen-bond donors (Lipinski definition) is 2. The highest BCUT2D eigenvalue weighted by Gasteiger charge is 2.14. The fourth-order valence-electron chi connectivity index (χ4n) is 1.13. The van der Waals surface area contributed by atoms with Crippen molar-refractivity contribution in [3.8, 4) is 0 Å². The molecule has 90 valence electrons. The number of rotatable bonds is 2. The first kappa shape index (κ1) is 14.2. The Balaban J connectivity index is 0.00000106. The maximum Gasteiger partial charge on any atom is 0.253 e. The largest absolute Gasteiger partial charge is 0.398 e. The summed E-state index contributed by atoms with van der Waals surface area (Å²) in [6.45, 7) is 4.00. The highest BCUT2D eigenvalue weighted by Crippen LogP contribution is 2.23. The first-order valence-corrected chi connectivity index (χ1v) is 4.99. The van der Waals surface area contributed by atoms with E-state index in [0.29, 0.717) is 5.69 Å². The molecule has 0 unspecified atom stereocenters. The number of nitrogens with two attached hydrogens (primary N) is 2. The van der Waals surface area contributed by atoms with Gasteiger partial charge in [-0.05, 0) is 12.1 Å². The van der Waals surface area contributed by atoms with Crippen molar-refractivity contribution >= 4 is 17.3 Å². The molecule has 0 aliphatic heterocycles. The van der Waals surface area contributed by atoms with Gasteiger partial charge in [-0.2, -0.15) is 0 Å². The Morgan fingerprint density at radius 2 is 1.81 bits per heavy atom. The molecule has 0 fully saturated rings. The monoisotopic (exact) mass is 227 g/mol. The minimum atomic E-state index is -0.856. The molecule has 0 saturated carbocycles. The van der Waals surface area contributed by atoms with Crippen LogP contribution in [0.4, 0.5) is 15.8 Å². The van der Waals surface area contributed by atoms with Crippen molar-refractivity contribution in [2.24, 2.45) is 5.73 Å². The van der Waals surface area contributed by atoms with Gasteiger partial charge in [0.25, 0.3) is 5.91 Å². The van der Waals surface area contributed by atoms with Crippen LogP contribution in [0.15, 0.2) is 12.1 Å². The number of nitrogen functional groups attached to an aromatic ring is 1. The molecule has 0 saturated heterocycles. The number of benzene rings is 1. The fraction of sp³-hybridized carbons (Fsp3) is 0.364. The number of carbonyl (C=O) groups excluding carboxylic acids is 1. The van der Waals surface area contributed by atoms with Crippen LogP contribution in [-0.4, -0.2) is 20.0 Å². The van der Waals surface area contributed by atoms with Gasteiger partial charge < -0.3 is 16.4 Å². The minimum absolute atomic E-state index is 0.0567. The molecule has 0 radical (unpaired) electrons. The lowest BCUT2D eigenvalue weighted by atomic mass is 10.1. The molecule has 4 nitrogen and oxygen atoms in total. The SMILES string of the molecule is CC.CN(C)c1cc(N)c(C(N)=O)c(F)c1. The van der Waals surface area contributed by atoms with Crippen molar-refractivity contribution < 1.29 is 9.18 Å². The van der Waals surface area contributed by atoms with Gasteiger partial charge in [-0.3, -0.25) is 4.79 Å². The van der Waals surface area contributed by atoms with E-state index in [0.717, 1.165) is 0 Å². The molecule has 5 heteroatoms. The van der Waals surface area contributed by atoms with E-state index in [-0.39, 0.29) is 11.3 Å². The van der Waals surface area contributed by atoms with Crippen LogP contribution in [0, 0.1) is 5.82 Å². The lowest BCUT2D eigenvalue weighted by Gasteiger charge is -2.14. The third-order valence-electron chi connectivity index (χ3n) is 1.87. The van der Waals surface area contributed by atoms with Gasteiger partial charge >= 0.3 is 0 Å². The topological polar surface area (TPSA) is 72.3 Å². The zero-order chi connectivity index (χ0) is 12.9. The van der Waals surface area contributed by atoms with Crippen molar-refractivity contribution in [1.29, 1.82) is 0 Å². The Hall–Kier alpha value is -1.78. The van der Waals surface area contributed by atoms with Crippen molar-refractivity contribution in [2.45, 2.75) is 13.8 Å². The molecule has 0 spiro atoms. The molecule has 4 N–H and O–H groups in total. The summed E-state index contributed by atoms with van der Waals surface area (Å²) >= 11 is 0. The lowest BCUT2D eigenvalue weighted by Crippen LogP contribution is -2.17. The number of nitrogens with zero attached hydrogens (tertiary/aromatic N) is 1. The van der Waals surface area contributed by atoms with Crippen molar-refractivity contribution in [3.63, 3.8) is 0 Å².